The SMILES string of the molecule is O=CCC1=NN2c3cc(F)ccc3OCC2[C@@]1(CCCN1CC(F)C1)c1ccccc1. The Morgan fingerprint density at radius 2 is 2.00 bits per heavy atom. The maximum absolute atomic E-state index is 14.1. The molecule has 2 aromatic carbocycles. The van der Waals surface area contributed by atoms with Gasteiger partial charge in [0.05, 0.1) is 11.1 Å². The van der Waals surface area contributed by atoms with Crippen molar-refractivity contribution in [2.24, 2.45) is 5.10 Å². The third-order valence-electron chi connectivity index (χ3n) is 6.70. The van der Waals surface area contributed by atoms with Crippen LogP contribution in [0.4, 0.5) is 14.5 Å². The lowest BCUT2D eigenvalue weighted by Gasteiger charge is -2.42. The zero-order valence-electron chi connectivity index (χ0n) is 17.2. The Labute approximate surface area is 180 Å². The first-order chi connectivity index (χ1) is 15.1. The van der Waals surface area contributed by atoms with E-state index in [1.807, 2.05) is 23.2 Å². The third-order valence-corrected chi connectivity index (χ3v) is 6.70. The van der Waals surface area contributed by atoms with Crippen LogP contribution in [0, 0.1) is 5.82 Å². The summed E-state index contributed by atoms with van der Waals surface area (Å²) in [7, 11) is 0. The number of hydrazone groups is 1. The van der Waals surface area contributed by atoms with Gasteiger partial charge in [0.1, 0.15) is 42.4 Å². The normalized spacial score (nSPS) is 25.3. The Kier molecular flexibility index (Phi) is 5.22. The molecule has 3 aliphatic heterocycles. The zero-order chi connectivity index (χ0) is 21.4. The van der Waals surface area contributed by atoms with Gasteiger partial charge in [-0.3, -0.25) is 9.91 Å². The van der Waals surface area contributed by atoms with Crippen LogP contribution in [0.2, 0.25) is 0 Å². The Morgan fingerprint density at radius 3 is 2.74 bits per heavy atom. The van der Waals surface area contributed by atoms with Gasteiger partial charge in [-0.2, -0.15) is 5.10 Å². The van der Waals surface area contributed by atoms with Crippen LogP contribution in [-0.4, -0.2) is 55.4 Å². The van der Waals surface area contributed by atoms with Crippen molar-refractivity contribution in [1.82, 2.24) is 4.90 Å². The largest absolute Gasteiger partial charge is 0.489 e. The Hall–Kier alpha value is -2.80. The minimum atomic E-state index is -0.726. The van der Waals surface area contributed by atoms with Crippen LogP contribution < -0.4 is 9.75 Å². The molecule has 0 N–H and O–H groups in total. The Bertz CT molecular complexity index is 994. The molecule has 162 valence electrons. The van der Waals surface area contributed by atoms with E-state index in [1.54, 1.807) is 6.07 Å². The number of aldehydes is 1. The fraction of sp³-hybridized carbons (Fsp3) is 0.417. The van der Waals surface area contributed by atoms with Crippen LogP contribution in [0.15, 0.2) is 53.6 Å². The van der Waals surface area contributed by atoms with E-state index in [2.05, 4.69) is 17.0 Å². The second-order valence-electron chi connectivity index (χ2n) is 8.50. The van der Waals surface area contributed by atoms with Gasteiger partial charge in [0, 0.05) is 25.6 Å². The number of ether oxygens (including phenoxy) is 1. The highest BCUT2D eigenvalue weighted by Gasteiger charge is 2.54. The lowest BCUT2D eigenvalue weighted by Crippen LogP contribution is -2.53. The summed E-state index contributed by atoms with van der Waals surface area (Å²) in [6.45, 7) is 2.15. The minimum Gasteiger partial charge on any atom is -0.489 e. The molecule has 0 spiro atoms. The fourth-order valence-electron chi connectivity index (χ4n) is 5.21. The predicted molar refractivity (Wildman–Crippen MR) is 115 cm³/mol. The summed E-state index contributed by atoms with van der Waals surface area (Å²) in [5.41, 5.74) is 1.89. The molecule has 3 aliphatic rings. The molecule has 2 aromatic rings. The third kappa shape index (κ3) is 3.41. The van der Waals surface area contributed by atoms with E-state index < -0.39 is 11.6 Å². The standard InChI is InChI=1S/C24H25F2N3O2/c25-18-7-8-21-20(13-18)29-23(16-31-21)24(22(27-29)9-12-30,17-5-2-1-3-6-17)10-4-11-28-14-19(26)15-28/h1-3,5-8,12-13,19,23H,4,9-11,14-16H2/t23?,24-/m0/s1. The van der Waals surface area contributed by atoms with Crippen molar-refractivity contribution in [3.05, 3.63) is 59.9 Å². The van der Waals surface area contributed by atoms with Crippen molar-refractivity contribution in [2.75, 3.05) is 31.3 Å². The molecule has 0 saturated carbocycles. The van der Waals surface area contributed by atoms with E-state index in [0.717, 1.165) is 36.9 Å². The number of halogens is 2. The fourth-order valence-corrected chi connectivity index (χ4v) is 5.21. The van der Waals surface area contributed by atoms with E-state index >= 15 is 0 Å². The summed E-state index contributed by atoms with van der Waals surface area (Å²) in [5.74, 6) is 0.233. The molecule has 5 rings (SSSR count). The molecule has 0 bridgehead atoms. The van der Waals surface area contributed by atoms with Gasteiger partial charge in [0.15, 0.2) is 0 Å². The van der Waals surface area contributed by atoms with Crippen molar-refractivity contribution in [1.29, 1.82) is 0 Å². The molecule has 31 heavy (non-hydrogen) atoms. The van der Waals surface area contributed by atoms with Gasteiger partial charge < -0.3 is 9.53 Å². The molecule has 0 aliphatic carbocycles. The van der Waals surface area contributed by atoms with Gasteiger partial charge in [-0.15, -0.1) is 0 Å². The lowest BCUT2D eigenvalue weighted by atomic mass is 9.67. The molecular formula is C24H25F2N3O2. The van der Waals surface area contributed by atoms with E-state index in [4.69, 9.17) is 9.84 Å². The van der Waals surface area contributed by atoms with Crippen LogP contribution in [0.5, 0.6) is 5.75 Å². The zero-order valence-corrected chi connectivity index (χ0v) is 17.2. The molecule has 5 nitrogen and oxygen atoms in total. The van der Waals surface area contributed by atoms with Gasteiger partial charge in [-0.25, -0.2) is 8.78 Å². The number of rotatable bonds is 7. The number of carbonyl (C=O) groups is 1. The summed E-state index contributed by atoms with van der Waals surface area (Å²) in [6, 6.07) is 14.3. The molecule has 1 fully saturated rings. The number of likely N-dealkylation sites (tertiary alicyclic amines) is 1. The summed E-state index contributed by atoms with van der Waals surface area (Å²) in [5, 5.41) is 6.70. The Balaban J connectivity index is 1.53. The first-order valence-electron chi connectivity index (χ1n) is 10.8. The molecular weight excluding hydrogens is 400 g/mol. The highest BCUT2D eigenvalue weighted by molar-refractivity contribution is 6.05. The molecule has 0 amide bonds. The number of anilines is 1. The van der Waals surface area contributed by atoms with Crippen molar-refractivity contribution in [3.8, 4) is 5.75 Å². The van der Waals surface area contributed by atoms with Crippen molar-refractivity contribution >= 4 is 17.7 Å². The first kappa shape index (κ1) is 20.1. The maximum atomic E-state index is 14.1. The number of nitrogens with zero attached hydrogens (tertiary/aromatic N) is 3. The smallest absolute Gasteiger partial charge is 0.144 e. The van der Waals surface area contributed by atoms with Crippen LogP contribution in [0.25, 0.3) is 0 Å². The van der Waals surface area contributed by atoms with Crippen LogP contribution in [0.3, 0.4) is 0 Å². The van der Waals surface area contributed by atoms with Crippen molar-refractivity contribution < 1.29 is 18.3 Å². The average molecular weight is 425 g/mol. The molecule has 7 heteroatoms. The number of fused-ring (bicyclic) bond motifs is 3. The summed E-state index contributed by atoms with van der Waals surface area (Å²) < 4.78 is 33.3. The highest BCUT2D eigenvalue weighted by Crippen LogP contribution is 2.48. The van der Waals surface area contributed by atoms with E-state index in [0.29, 0.717) is 31.1 Å². The topological polar surface area (TPSA) is 45.1 Å². The number of hydrogen-bond donors (Lipinski definition) is 0. The Morgan fingerprint density at radius 1 is 1.19 bits per heavy atom. The first-order valence-corrected chi connectivity index (χ1v) is 10.8. The van der Waals surface area contributed by atoms with Crippen LogP contribution >= 0.6 is 0 Å². The highest BCUT2D eigenvalue weighted by atomic mass is 19.1. The molecule has 2 atom stereocenters. The van der Waals surface area contributed by atoms with E-state index in [1.165, 1.54) is 12.1 Å². The molecule has 3 heterocycles. The van der Waals surface area contributed by atoms with E-state index in [-0.39, 0.29) is 18.3 Å². The number of carbonyl (C=O) groups excluding carboxylic acids is 1. The van der Waals surface area contributed by atoms with Crippen LogP contribution in [0.1, 0.15) is 24.8 Å². The minimum absolute atomic E-state index is 0.190. The number of benzene rings is 2. The van der Waals surface area contributed by atoms with Gasteiger partial charge >= 0.3 is 0 Å². The van der Waals surface area contributed by atoms with E-state index in [9.17, 15) is 13.6 Å². The average Bonchev–Trinajstić information content (AvgIpc) is 3.08. The van der Waals surface area contributed by atoms with Crippen molar-refractivity contribution in [2.45, 2.75) is 36.9 Å². The molecule has 1 saturated heterocycles. The second kappa shape index (κ2) is 8.04. The molecule has 1 unspecified atom stereocenters. The van der Waals surface area contributed by atoms with Gasteiger partial charge in [-0.1, -0.05) is 30.3 Å². The lowest BCUT2D eigenvalue weighted by molar-refractivity contribution is -0.106. The summed E-state index contributed by atoms with van der Waals surface area (Å²) in [6.07, 6.45) is 1.93. The van der Waals surface area contributed by atoms with Gasteiger partial charge in [0.25, 0.3) is 0 Å². The number of hydrogen-bond acceptors (Lipinski definition) is 5. The summed E-state index contributed by atoms with van der Waals surface area (Å²) >= 11 is 0. The van der Waals surface area contributed by atoms with Crippen LogP contribution in [-0.2, 0) is 10.2 Å². The maximum Gasteiger partial charge on any atom is 0.144 e. The molecule has 0 aromatic heterocycles. The van der Waals surface area contributed by atoms with Gasteiger partial charge in [0.2, 0.25) is 0 Å². The summed E-state index contributed by atoms with van der Waals surface area (Å²) in [4.78, 5) is 13.7. The predicted octanol–water partition coefficient (Wildman–Crippen LogP) is 3.72. The van der Waals surface area contributed by atoms with Crippen molar-refractivity contribution in [3.63, 3.8) is 0 Å². The number of alkyl halides is 1. The van der Waals surface area contributed by atoms with Gasteiger partial charge in [-0.05, 0) is 37.1 Å². The molecule has 0 radical (unpaired) electrons. The monoisotopic (exact) mass is 425 g/mol. The second-order valence-corrected chi connectivity index (χ2v) is 8.50. The quantitative estimate of drug-likeness (QED) is 0.635.